The van der Waals surface area contributed by atoms with Gasteiger partial charge in [-0.15, -0.1) is 0 Å². The van der Waals surface area contributed by atoms with Gasteiger partial charge < -0.3 is 10.5 Å². The van der Waals surface area contributed by atoms with Crippen molar-refractivity contribution in [3.63, 3.8) is 0 Å². The first-order chi connectivity index (χ1) is 13.4. The number of hydrogen-bond acceptors (Lipinski definition) is 5. The summed E-state index contributed by atoms with van der Waals surface area (Å²) < 4.78 is 84.5. The van der Waals surface area contributed by atoms with Gasteiger partial charge in [0.25, 0.3) is 10.0 Å². The summed E-state index contributed by atoms with van der Waals surface area (Å²) in [5, 5.41) is -0.129. The van der Waals surface area contributed by atoms with Gasteiger partial charge in [0, 0.05) is 0 Å². The van der Waals surface area contributed by atoms with Crippen LogP contribution in [0.2, 0.25) is 5.02 Å². The van der Waals surface area contributed by atoms with Gasteiger partial charge in [-0.2, -0.15) is 13.2 Å². The Morgan fingerprint density at radius 2 is 1.97 bits per heavy atom. The van der Waals surface area contributed by atoms with Crippen molar-refractivity contribution in [2.75, 3.05) is 17.1 Å². The van der Waals surface area contributed by atoms with E-state index in [1.54, 1.807) is 0 Å². The highest BCUT2D eigenvalue weighted by Gasteiger charge is 2.62. The molecule has 29 heavy (non-hydrogen) atoms. The molecule has 158 valence electrons. The lowest BCUT2D eigenvalue weighted by molar-refractivity contribution is -0.190. The second-order valence-corrected chi connectivity index (χ2v) is 8.72. The number of aromatic nitrogens is 1. The summed E-state index contributed by atoms with van der Waals surface area (Å²) in [5.74, 6) is -1.05. The average molecular weight is 454 g/mol. The molecule has 0 spiro atoms. The highest BCUT2D eigenvalue weighted by atomic mass is 35.5. The summed E-state index contributed by atoms with van der Waals surface area (Å²) in [5.41, 5.74) is 3.64. The second-order valence-electron chi connectivity index (χ2n) is 6.67. The van der Waals surface area contributed by atoms with Crippen LogP contribution < -0.4 is 15.2 Å². The number of pyridine rings is 1. The standard InChI is InChI=1S/C17H16ClF4N3O3S/c18-11-7-14(12(19)8-13(11)23)29(26,27)25-15-2-1-10(9-24-15)28-6-5-16(3-4-16)17(20,21)22/h1-2,7-9H,3-6,23H2,(H,24,25). The molecule has 1 aromatic heterocycles. The van der Waals surface area contributed by atoms with Gasteiger partial charge in [-0.25, -0.2) is 17.8 Å². The van der Waals surface area contributed by atoms with Crippen LogP contribution in [-0.4, -0.2) is 26.2 Å². The second kappa shape index (κ2) is 7.52. The molecule has 2 aromatic rings. The van der Waals surface area contributed by atoms with Crippen LogP contribution in [0.3, 0.4) is 0 Å². The van der Waals surface area contributed by atoms with Crippen LogP contribution in [0.5, 0.6) is 5.75 Å². The molecule has 1 aromatic carbocycles. The van der Waals surface area contributed by atoms with Gasteiger partial charge in [0.05, 0.1) is 28.9 Å². The third kappa shape index (κ3) is 4.67. The zero-order chi connectivity index (χ0) is 21.4. The number of nitrogens with zero attached hydrogens (tertiary/aromatic N) is 1. The Morgan fingerprint density at radius 1 is 1.28 bits per heavy atom. The van der Waals surface area contributed by atoms with E-state index < -0.39 is 32.3 Å². The molecule has 0 bridgehead atoms. The predicted molar refractivity (Wildman–Crippen MR) is 98.7 cm³/mol. The van der Waals surface area contributed by atoms with E-state index in [4.69, 9.17) is 22.1 Å². The van der Waals surface area contributed by atoms with Crippen molar-refractivity contribution in [1.82, 2.24) is 4.98 Å². The summed E-state index contributed by atoms with van der Waals surface area (Å²) in [7, 11) is -4.33. The summed E-state index contributed by atoms with van der Waals surface area (Å²) in [6.45, 7) is -0.151. The quantitative estimate of drug-likeness (QED) is 0.479. The molecule has 0 aliphatic heterocycles. The first-order valence-electron chi connectivity index (χ1n) is 8.36. The minimum atomic E-state index is -4.33. The number of sulfonamides is 1. The number of nitrogens with one attached hydrogen (secondary N) is 1. The summed E-state index contributed by atoms with van der Waals surface area (Å²) >= 11 is 5.74. The maximum Gasteiger partial charge on any atom is 0.394 e. The Kier molecular flexibility index (Phi) is 5.56. The van der Waals surface area contributed by atoms with Crippen molar-refractivity contribution in [3.8, 4) is 5.75 Å². The molecule has 1 saturated carbocycles. The molecule has 1 heterocycles. The van der Waals surface area contributed by atoms with Crippen LogP contribution in [0.25, 0.3) is 0 Å². The molecular weight excluding hydrogens is 438 g/mol. The minimum Gasteiger partial charge on any atom is -0.492 e. The van der Waals surface area contributed by atoms with Gasteiger partial charge in [0.2, 0.25) is 0 Å². The van der Waals surface area contributed by atoms with Crippen molar-refractivity contribution in [3.05, 3.63) is 41.3 Å². The number of halogens is 5. The average Bonchev–Trinajstić information content (AvgIpc) is 3.40. The Bertz CT molecular complexity index is 1010. The van der Waals surface area contributed by atoms with Crippen LogP contribution in [0, 0.1) is 11.2 Å². The zero-order valence-corrected chi connectivity index (χ0v) is 16.3. The molecule has 1 aliphatic carbocycles. The third-order valence-corrected chi connectivity index (χ3v) is 6.32. The topological polar surface area (TPSA) is 94.3 Å². The van der Waals surface area contributed by atoms with Gasteiger partial charge in [0.15, 0.2) is 0 Å². The Balaban J connectivity index is 1.63. The number of alkyl halides is 3. The first kappa shape index (κ1) is 21.4. The number of hydrogen-bond donors (Lipinski definition) is 2. The van der Waals surface area contributed by atoms with Gasteiger partial charge >= 0.3 is 6.18 Å². The number of ether oxygens (including phenoxy) is 1. The van der Waals surface area contributed by atoms with E-state index in [1.165, 1.54) is 12.1 Å². The molecule has 1 fully saturated rings. The molecule has 3 N–H and O–H groups in total. The van der Waals surface area contributed by atoms with E-state index in [1.807, 2.05) is 0 Å². The highest BCUT2D eigenvalue weighted by Crippen LogP contribution is 2.59. The van der Waals surface area contributed by atoms with Gasteiger partial charge in [0.1, 0.15) is 22.3 Å². The molecule has 0 saturated heterocycles. The minimum absolute atomic E-state index is 0.0878. The van der Waals surface area contributed by atoms with E-state index in [9.17, 15) is 26.0 Å². The Morgan fingerprint density at radius 3 is 2.52 bits per heavy atom. The number of benzene rings is 1. The number of nitrogens with two attached hydrogens (primary N) is 1. The van der Waals surface area contributed by atoms with Crippen LogP contribution in [0.1, 0.15) is 19.3 Å². The summed E-state index contributed by atoms with van der Waals surface area (Å²) in [6.07, 6.45) is -3.09. The Hall–Kier alpha value is -2.27. The molecule has 6 nitrogen and oxygen atoms in total. The van der Waals surface area contributed by atoms with Crippen molar-refractivity contribution >= 4 is 33.1 Å². The normalized spacial score (nSPS) is 15.8. The van der Waals surface area contributed by atoms with E-state index >= 15 is 0 Å². The lowest BCUT2D eigenvalue weighted by atomic mass is 10.0. The fourth-order valence-electron chi connectivity index (χ4n) is 2.66. The molecular formula is C17H16ClF4N3O3S. The fraction of sp³-hybridized carbons (Fsp3) is 0.353. The smallest absolute Gasteiger partial charge is 0.394 e. The summed E-state index contributed by atoms with van der Waals surface area (Å²) in [6, 6.07) is 4.24. The first-order valence-corrected chi connectivity index (χ1v) is 10.2. The van der Waals surface area contributed by atoms with Gasteiger partial charge in [-0.1, -0.05) is 11.6 Å². The fourth-order valence-corrected chi connectivity index (χ4v) is 3.98. The molecule has 0 radical (unpaired) electrons. The maximum atomic E-state index is 13.9. The molecule has 12 heteroatoms. The number of rotatable bonds is 7. The van der Waals surface area contributed by atoms with E-state index in [0.29, 0.717) is 0 Å². The van der Waals surface area contributed by atoms with E-state index in [-0.39, 0.29) is 48.1 Å². The van der Waals surface area contributed by atoms with Gasteiger partial charge in [-0.3, -0.25) is 4.72 Å². The van der Waals surface area contributed by atoms with Crippen LogP contribution in [0.15, 0.2) is 35.4 Å². The molecule has 3 rings (SSSR count). The van der Waals surface area contributed by atoms with Crippen molar-refractivity contribution in [1.29, 1.82) is 0 Å². The molecule has 0 unspecified atom stereocenters. The van der Waals surface area contributed by atoms with Crippen molar-refractivity contribution in [2.24, 2.45) is 5.41 Å². The SMILES string of the molecule is Nc1cc(F)c(S(=O)(=O)Nc2ccc(OCCC3(C(F)(F)F)CC3)cn2)cc1Cl. The van der Waals surface area contributed by atoms with E-state index in [0.717, 1.165) is 18.3 Å². The molecule has 0 amide bonds. The highest BCUT2D eigenvalue weighted by molar-refractivity contribution is 7.92. The predicted octanol–water partition coefficient (Wildman–Crippen LogP) is 4.37. The third-order valence-electron chi connectivity index (χ3n) is 4.62. The maximum absolute atomic E-state index is 13.9. The van der Waals surface area contributed by atoms with Crippen molar-refractivity contribution in [2.45, 2.75) is 30.3 Å². The Labute approximate surface area is 169 Å². The van der Waals surface area contributed by atoms with Crippen LogP contribution >= 0.6 is 11.6 Å². The number of nitrogen functional groups attached to an aromatic ring is 1. The van der Waals surface area contributed by atoms with Crippen molar-refractivity contribution < 1.29 is 30.7 Å². The molecule has 1 aliphatic rings. The lowest BCUT2D eigenvalue weighted by Gasteiger charge is -2.19. The summed E-state index contributed by atoms with van der Waals surface area (Å²) in [4.78, 5) is 3.11. The largest absolute Gasteiger partial charge is 0.492 e. The lowest BCUT2D eigenvalue weighted by Crippen LogP contribution is -2.26. The van der Waals surface area contributed by atoms with Crippen LogP contribution in [-0.2, 0) is 10.0 Å². The monoisotopic (exact) mass is 453 g/mol. The van der Waals surface area contributed by atoms with Gasteiger partial charge in [-0.05, 0) is 43.5 Å². The van der Waals surface area contributed by atoms with Crippen LogP contribution in [0.4, 0.5) is 29.1 Å². The zero-order valence-electron chi connectivity index (χ0n) is 14.8. The van der Waals surface area contributed by atoms with E-state index in [2.05, 4.69) is 9.71 Å². The number of anilines is 2. The molecule has 0 atom stereocenters.